The van der Waals surface area contributed by atoms with E-state index in [1.165, 1.54) is 31.2 Å². The van der Waals surface area contributed by atoms with Gasteiger partial charge in [0.2, 0.25) is 0 Å². The molecule has 1 unspecified atom stereocenters. The second-order valence-electron chi connectivity index (χ2n) is 10.8. The number of benzene rings is 1. The third-order valence-corrected chi connectivity index (χ3v) is 8.04. The van der Waals surface area contributed by atoms with Gasteiger partial charge in [-0.2, -0.15) is 0 Å². The van der Waals surface area contributed by atoms with Gasteiger partial charge in [-0.15, -0.1) is 0 Å². The molecule has 3 aliphatic rings. The van der Waals surface area contributed by atoms with Gasteiger partial charge in [0.1, 0.15) is 18.2 Å². The van der Waals surface area contributed by atoms with Crippen molar-refractivity contribution in [1.82, 2.24) is 9.88 Å². The lowest BCUT2D eigenvalue weighted by atomic mass is 9.94. The molecule has 5 rings (SSSR count). The number of nitrogens with one attached hydrogen (secondary N) is 1. The second-order valence-corrected chi connectivity index (χ2v) is 10.8. The van der Waals surface area contributed by atoms with E-state index in [1.54, 1.807) is 0 Å². The number of carbonyl (C=O) groups is 1. The van der Waals surface area contributed by atoms with Gasteiger partial charge in [-0.1, -0.05) is 18.2 Å². The maximum absolute atomic E-state index is 12.3. The van der Waals surface area contributed by atoms with Gasteiger partial charge in [-0.25, -0.2) is 4.98 Å². The molecule has 0 amide bonds. The highest BCUT2D eigenvalue weighted by Gasteiger charge is 2.27. The van der Waals surface area contributed by atoms with Gasteiger partial charge in [0, 0.05) is 37.9 Å². The molecule has 0 radical (unpaired) electrons. The number of carbonyl (C=O) groups excluding carboxylic acids is 1. The number of likely N-dealkylation sites (tertiary alicyclic amines) is 1. The zero-order valence-corrected chi connectivity index (χ0v) is 22.1. The quantitative estimate of drug-likeness (QED) is 0.446. The van der Waals surface area contributed by atoms with Crippen molar-refractivity contribution in [2.75, 3.05) is 51.8 Å². The van der Waals surface area contributed by atoms with Crippen LogP contribution in [0.3, 0.4) is 0 Å². The Bertz CT molecular complexity index is 1040. The number of hydrogen-bond acceptors (Lipinski definition) is 7. The van der Waals surface area contributed by atoms with E-state index in [4.69, 9.17) is 19.2 Å². The molecular weight excluding hydrogens is 466 g/mol. The van der Waals surface area contributed by atoms with Gasteiger partial charge >= 0.3 is 5.97 Å². The lowest BCUT2D eigenvalue weighted by Crippen LogP contribution is -2.28. The number of ether oxygens (including phenoxy) is 3. The molecule has 0 spiro atoms. The Labute approximate surface area is 220 Å². The Morgan fingerprint density at radius 2 is 2.19 bits per heavy atom. The molecule has 3 atom stereocenters. The first-order chi connectivity index (χ1) is 18.2. The van der Waals surface area contributed by atoms with Crippen molar-refractivity contribution in [3.63, 3.8) is 0 Å². The fourth-order valence-electron chi connectivity index (χ4n) is 5.88. The van der Waals surface area contributed by atoms with Crippen molar-refractivity contribution in [2.24, 2.45) is 5.92 Å². The van der Waals surface area contributed by atoms with E-state index in [-0.39, 0.29) is 18.0 Å². The highest BCUT2D eigenvalue weighted by Crippen LogP contribution is 2.30. The summed E-state index contributed by atoms with van der Waals surface area (Å²) < 4.78 is 16.8. The molecule has 4 heterocycles. The third kappa shape index (κ3) is 7.23. The van der Waals surface area contributed by atoms with Crippen molar-refractivity contribution in [3.8, 4) is 5.75 Å². The Morgan fingerprint density at radius 1 is 1.24 bits per heavy atom. The lowest BCUT2D eigenvalue weighted by Gasteiger charge is -2.24. The van der Waals surface area contributed by atoms with Crippen LogP contribution in [0.1, 0.15) is 61.3 Å². The van der Waals surface area contributed by atoms with E-state index in [0.29, 0.717) is 18.9 Å². The molecule has 37 heavy (non-hydrogen) atoms. The van der Waals surface area contributed by atoms with Crippen LogP contribution in [0.5, 0.6) is 5.75 Å². The molecule has 200 valence electrons. The van der Waals surface area contributed by atoms with Gasteiger partial charge in [-0.3, -0.25) is 4.79 Å². The smallest absolute Gasteiger partial charge is 0.306 e. The normalized spacial score (nSPS) is 22.3. The number of nitrogens with zero attached hydrogens (tertiary/aromatic N) is 2. The number of methoxy groups -OCH3 is 1. The van der Waals surface area contributed by atoms with Crippen molar-refractivity contribution in [2.45, 2.75) is 63.4 Å². The third-order valence-electron chi connectivity index (χ3n) is 8.04. The molecule has 1 aromatic carbocycles. The summed E-state index contributed by atoms with van der Waals surface area (Å²) >= 11 is 0. The van der Waals surface area contributed by atoms with Crippen LogP contribution in [0.25, 0.3) is 0 Å². The van der Waals surface area contributed by atoms with Gasteiger partial charge < -0.3 is 24.4 Å². The average molecular weight is 508 g/mol. The van der Waals surface area contributed by atoms with Gasteiger partial charge in [0.15, 0.2) is 0 Å². The van der Waals surface area contributed by atoms with E-state index >= 15 is 0 Å². The minimum atomic E-state index is -0.168. The average Bonchev–Trinajstić information content (AvgIpc) is 3.62. The topological polar surface area (TPSA) is 72.9 Å². The highest BCUT2D eigenvalue weighted by atomic mass is 16.5. The fraction of sp³-hybridized carbons (Fsp3) is 0.600. The minimum absolute atomic E-state index is 0.0749. The molecule has 0 saturated carbocycles. The summed E-state index contributed by atoms with van der Waals surface area (Å²) in [6, 6.07) is 12.7. The molecule has 2 fully saturated rings. The largest absolute Gasteiger partial charge is 0.491 e. The Hall–Kier alpha value is -2.64. The molecule has 0 aliphatic carbocycles. The van der Waals surface area contributed by atoms with Crippen LogP contribution in [-0.4, -0.2) is 68.5 Å². The number of fused-ring (bicyclic) bond motifs is 1. The SMILES string of the molecule is COC(=O)CC(CN1CC[C@@H](CCc2ccc3c(n2)NCCC3)C1)c1cccc(OC[C@H]2CCCO2)c1. The number of aryl methyl sites for hydroxylation is 2. The number of esters is 1. The van der Waals surface area contributed by atoms with E-state index < -0.39 is 0 Å². The molecule has 1 N–H and O–H groups in total. The Balaban J connectivity index is 1.16. The van der Waals surface area contributed by atoms with E-state index in [2.05, 4.69) is 34.5 Å². The van der Waals surface area contributed by atoms with Gasteiger partial charge in [0.25, 0.3) is 0 Å². The highest BCUT2D eigenvalue weighted by molar-refractivity contribution is 5.70. The van der Waals surface area contributed by atoms with Crippen molar-refractivity contribution in [3.05, 3.63) is 53.2 Å². The summed E-state index contributed by atoms with van der Waals surface area (Å²) in [4.78, 5) is 19.7. The number of hydrogen-bond donors (Lipinski definition) is 1. The summed E-state index contributed by atoms with van der Waals surface area (Å²) in [6.45, 7) is 5.41. The fourth-order valence-corrected chi connectivity index (χ4v) is 5.88. The van der Waals surface area contributed by atoms with Crippen LogP contribution in [0.4, 0.5) is 5.82 Å². The monoisotopic (exact) mass is 507 g/mol. The standard InChI is InChI=1S/C30H41N3O4/c1-35-29(34)18-25(24-5-2-7-27(17-24)37-21-28-8-4-16-36-28)20-33-15-13-22(19-33)9-11-26-12-10-23-6-3-14-31-30(23)32-26/h2,5,7,10,12,17,22,25,28H,3-4,6,8-9,11,13-16,18-21H2,1H3,(H,31,32)/t22-,25?,28-/m1/s1. The van der Waals surface area contributed by atoms with Crippen LogP contribution in [-0.2, 0) is 27.1 Å². The van der Waals surface area contributed by atoms with Crippen LogP contribution < -0.4 is 10.1 Å². The van der Waals surface area contributed by atoms with Crippen LogP contribution in [0, 0.1) is 5.92 Å². The molecule has 7 nitrogen and oxygen atoms in total. The number of rotatable bonds is 11. The minimum Gasteiger partial charge on any atom is -0.491 e. The van der Waals surface area contributed by atoms with E-state index in [9.17, 15) is 4.79 Å². The van der Waals surface area contributed by atoms with Crippen LogP contribution >= 0.6 is 0 Å². The summed E-state index contributed by atoms with van der Waals surface area (Å²) in [6.07, 6.45) is 8.40. The lowest BCUT2D eigenvalue weighted by molar-refractivity contribution is -0.141. The van der Waals surface area contributed by atoms with Crippen LogP contribution in [0.15, 0.2) is 36.4 Å². The van der Waals surface area contributed by atoms with E-state index in [1.807, 2.05) is 12.1 Å². The predicted molar refractivity (Wildman–Crippen MR) is 144 cm³/mol. The summed E-state index contributed by atoms with van der Waals surface area (Å²) in [5.41, 5.74) is 3.67. The molecule has 2 saturated heterocycles. The maximum atomic E-state index is 12.3. The molecule has 0 bridgehead atoms. The van der Waals surface area contributed by atoms with Crippen molar-refractivity contribution >= 4 is 11.8 Å². The Kier molecular flexibility index (Phi) is 8.95. The predicted octanol–water partition coefficient (Wildman–Crippen LogP) is 4.60. The van der Waals surface area contributed by atoms with Crippen LogP contribution in [0.2, 0.25) is 0 Å². The zero-order chi connectivity index (χ0) is 25.5. The van der Waals surface area contributed by atoms with Crippen molar-refractivity contribution in [1.29, 1.82) is 0 Å². The summed E-state index contributed by atoms with van der Waals surface area (Å²) in [7, 11) is 1.47. The van der Waals surface area contributed by atoms with E-state index in [0.717, 1.165) is 82.0 Å². The summed E-state index contributed by atoms with van der Waals surface area (Å²) in [5, 5.41) is 3.45. The zero-order valence-electron chi connectivity index (χ0n) is 22.1. The number of anilines is 1. The Morgan fingerprint density at radius 3 is 3.05 bits per heavy atom. The van der Waals surface area contributed by atoms with Gasteiger partial charge in [0.05, 0.1) is 19.6 Å². The van der Waals surface area contributed by atoms with Gasteiger partial charge in [-0.05, 0) is 86.7 Å². The number of pyridine rings is 1. The summed E-state index contributed by atoms with van der Waals surface area (Å²) in [5.74, 6) is 2.49. The molecule has 1 aromatic heterocycles. The first-order valence-electron chi connectivity index (χ1n) is 14.0. The van der Waals surface area contributed by atoms with Crippen molar-refractivity contribution < 1.29 is 19.0 Å². The first-order valence-corrected chi connectivity index (χ1v) is 14.0. The molecular formula is C30H41N3O4. The first kappa shape index (κ1) is 26.0. The molecule has 3 aliphatic heterocycles. The number of aromatic nitrogens is 1. The maximum Gasteiger partial charge on any atom is 0.306 e. The molecule has 7 heteroatoms. The second kappa shape index (κ2) is 12.7. The molecule has 2 aromatic rings.